The lowest BCUT2D eigenvalue weighted by Gasteiger charge is -2.18. The van der Waals surface area contributed by atoms with Gasteiger partial charge in [0.2, 0.25) is 0 Å². The largest absolute Gasteiger partial charge is 0.481 e. The number of hydrogen-bond acceptors (Lipinski definition) is 4. The van der Waals surface area contributed by atoms with Crippen LogP contribution in [-0.4, -0.2) is 34.1 Å². The second kappa shape index (κ2) is 4.79. The number of aryl methyl sites for hydroxylation is 1. The highest BCUT2D eigenvalue weighted by molar-refractivity contribution is 5.71. The van der Waals surface area contributed by atoms with Crippen molar-refractivity contribution in [1.29, 1.82) is 0 Å². The topological polar surface area (TPSA) is 66.3 Å². The number of carboxylic acid groups (broad SMARTS) is 1. The number of nitrogens with zero attached hydrogens (tertiary/aromatic N) is 3. The summed E-state index contributed by atoms with van der Waals surface area (Å²) in [5.74, 6) is 1.44. The first-order chi connectivity index (χ1) is 9.17. The molecule has 5 nitrogen and oxygen atoms in total. The number of anilines is 1. The van der Waals surface area contributed by atoms with Crippen LogP contribution in [0, 0.1) is 5.92 Å². The van der Waals surface area contributed by atoms with Gasteiger partial charge in [-0.2, -0.15) is 0 Å². The third-order valence-corrected chi connectivity index (χ3v) is 3.95. The normalized spacial score (nSPS) is 22.8. The Balaban J connectivity index is 1.83. The number of rotatable bonds is 4. The molecule has 0 radical (unpaired) electrons. The lowest BCUT2D eigenvalue weighted by atomic mass is 10.1. The van der Waals surface area contributed by atoms with Crippen LogP contribution in [0.4, 0.5) is 5.82 Å². The van der Waals surface area contributed by atoms with Crippen molar-refractivity contribution in [2.45, 2.75) is 38.5 Å². The number of aromatic nitrogens is 2. The van der Waals surface area contributed by atoms with Crippen LogP contribution in [0.2, 0.25) is 0 Å². The predicted octanol–water partition coefficient (Wildman–Crippen LogP) is 1.83. The lowest BCUT2D eigenvalue weighted by Crippen LogP contribution is -2.24. The molecule has 1 aliphatic heterocycles. The van der Waals surface area contributed by atoms with Gasteiger partial charge in [-0.25, -0.2) is 9.97 Å². The Hall–Kier alpha value is -1.65. The summed E-state index contributed by atoms with van der Waals surface area (Å²) < 4.78 is 0. The van der Waals surface area contributed by atoms with Gasteiger partial charge in [0, 0.05) is 30.8 Å². The molecular weight excluding hydrogens is 242 g/mol. The molecule has 1 saturated heterocycles. The molecule has 1 aromatic heterocycles. The Morgan fingerprint density at radius 2 is 2.21 bits per heavy atom. The third kappa shape index (κ3) is 2.55. The van der Waals surface area contributed by atoms with Gasteiger partial charge in [0.1, 0.15) is 11.6 Å². The summed E-state index contributed by atoms with van der Waals surface area (Å²) in [6, 6.07) is 2.01. The molecule has 0 unspecified atom stereocenters. The molecule has 3 rings (SSSR count). The molecule has 1 aromatic rings. The highest BCUT2D eigenvalue weighted by atomic mass is 16.4. The van der Waals surface area contributed by atoms with E-state index in [9.17, 15) is 4.79 Å². The van der Waals surface area contributed by atoms with Crippen LogP contribution in [0.1, 0.15) is 43.6 Å². The van der Waals surface area contributed by atoms with E-state index < -0.39 is 5.97 Å². The summed E-state index contributed by atoms with van der Waals surface area (Å²) in [6.07, 6.45) is 3.97. The Morgan fingerprint density at radius 1 is 1.42 bits per heavy atom. The minimum Gasteiger partial charge on any atom is -0.481 e. The number of hydrogen-bond donors (Lipinski definition) is 1. The zero-order valence-electron chi connectivity index (χ0n) is 11.2. The van der Waals surface area contributed by atoms with Crippen LogP contribution in [0.5, 0.6) is 0 Å². The first-order valence-electron chi connectivity index (χ1n) is 7.03. The minimum absolute atomic E-state index is 0.260. The van der Waals surface area contributed by atoms with Crippen molar-refractivity contribution >= 4 is 11.8 Å². The van der Waals surface area contributed by atoms with Gasteiger partial charge in [-0.15, -0.1) is 0 Å². The minimum atomic E-state index is -0.699. The summed E-state index contributed by atoms with van der Waals surface area (Å²) in [6.45, 7) is 3.44. The quantitative estimate of drug-likeness (QED) is 0.895. The fourth-order valence-corrected chi connectivity index (χ4v) is 2.54. The molecule has 0 amide bonds. The maximum Gasteiger partial charge on any atom is 0.308 e. The molecule has 19 heavy (non-hydrogen) atoms. The lowest BCUT2D eigenvalue weighted by molar-refractivity contribution is -0.140. The Morgan fingerprint density at radius 3 is 2.79 bits per heavy atom. The van der Waals surface area contributed by atoms with Gasteiger partial charge in [-0.1, -0.05) is 6.92 Å². The molecule has 1 N–H and O–H groups in total. The molecular formula is C14H19N3O2. The second-order valence-electron chi connectivity index (χ2n) is 5.47. The Kier molecular flexibility index (Phi) is 3.12. The van der Waals surface area contributed by atoms with Crippen LogP contribution in [0.3, 0.4) is 0 Å². The van der Waals surface area contributed by atoms with Crippen LogP contribution < -0.4 is 4.90 Å². The zero-order chi connectivity index (χ0) is 13.4. The van der Waals surface area contributed by atoms with Gasteiger partial charge in [-0.3, -0.25) is 4.79 Å². The fraction of sp³-hybridized carbons (Fsp3) is 0.643. The van der Waals surface area contributed by atoms with Crippen LogP contribution in [0.25, 0.3) is 0 Å². The summed E-state index contributed by atoms with van der Waals surface area (Å²) in [4.78, 5) is 22.3. The van der Waals surface area contributed by atoms with Gasteiger partial charge in [0.15, 0.2) is 0 Å². The maximum absolute atomic E-state index is 11.0. The molecule has 1 saturated carbocycles. The molecule has 0 aromatic carbocycles. The van der Waals surface area contributed by atoms with Crippen molar-refractivity contribution in [3.63, 3.8) is 0 Å². The van der Waals surface area contributed by atoms with E-state index in [1.807, 2.05) is 6.07 Å². The second-order valence-corrected chi connectivity index (χ2v) is 5.47. The van der Waals surface area contributed by atoms with Crippen molar-refractivity contribution in [2.75, 3.05) is 18.0 Å². The van der Waals surface area contributed by atoms with Gasteiger partial charge in [-0.05, 0) is 25.7 Å². The zero-order valence-corrected chi connectivity index (χ0v) is 11.2. The number of carbonyl (C=O) groups is 1. The van der Waals surface area contributed by atoms with Crippen LogP contribution in [-0.2, 0) is 11.2 Å². The molecule has 1 atom stereocenters. The molecule has 2 aliphatic rings. The predicted molar refractivity (Wildman–Crippen MR) is 71.3 cm³/mol. The van der Waals surface area contributed by atoms with E-state index in [1.165, 1.54) is 12.8 Å². The Labute approximate surface area is 112 Å². The molecule has 102 valence electrons. The third-order valence-electron chi connectivity index (χ3n) is 3.95. The van der Waals surface area contributed by atoms with Crippen molar-refractivity contribution in [1.82, 2.24) is 9.97 Å². The number of aliphatic carboxylic acids is 1. The van der Waals surface area contributed by atoms with E-state index in [0.29, 0.717) is 18.9 Å². The molecule has 5 heteroatoms. The van der Waals surface area contributed by atoms with E-state index in [1.54, 1.807) is 0 Å². The molecule has 2 fully saturated rings. The van der Waals surface area contributed by atoms with Crippen molar-refractivity contribution < 1.29 is 9.90 Å². The first kappa shape index (κ1) is 12.4. The summed E-state index contributed by atoms with van der Waals surface area (Å²) >= 11 is 0. The van der Waals surface area contributed by atoms with E-state index in [2.05, 4.69) is 21.8 Å². The number of carboxylic acids is 1. The summed E-state index contributed by atoms with van der Waals surface area (Å²) in [5, 5.41) is 9.07. The maximum atomic E-state index is 11.0. The van der Waals surface area contributed by atoms with E-state index in [4.69, 9.17) is 5.11 Å². The van der Waals surface area contributed by atoms with Crippen molar-refractivity contribution in [3.05, 3.63) is 17.6 Å². The average Bonchev–Trinajstić information content (AvgIpc) is 3.14. The van der Waals surface area contributed by atoms with Crippen molar-refractivity contribution in [2.24, 2.45) is 5.92 Å². The van der Waals surface area contributed by atoms with E-state index in [0.717, 1.165) is 30.3 Å². The van der Waals surface area contributed by atoms with Gasteiger partial charge in [0.25, 0.3) is 0 Å². The summed E-state index contributed by atoms with van der Waals surface area (Å²) in [5.41, 5.74) is 1.06. The molecule has 0 spiro atoms. The Bertz CT molecular complexity index is 499. The molecule has 1 aliphatic carbocycles. The van der Waals surface area contributed by atoms with Gasteiger partial charge >= 0.3 is 5.97 Å². The highest BCUT2D eigenvalue weighted by Gasteiger charge is 2.31. The van der Waals surface area contributed by atoms with Crippen LogP contribution >= 0.6 is 0 Å². The van der Waals surface area contributed by atoms with Gasteiger partial charge in [0.05, 0.1) is 5.92 Å². The average molecular weight is 261 g/mol. The smallest absolute Gasteiger partial charge is 0.308 e. The summed E-state index contributed by atoms with van der Waals surface area (Å²) in [7, 11) is 0. The van der Waals surface area contributed by atoms with Gasteiger partial charge < -0.3 is 10.0 Å². The van der Waals surface area contributed by atoms with Crippen LogP contribution in [0.15, 0.2) is 6.07 Å². The SMILES string of the molecule is CCc1cc(N2CC[C@H](C(=O)O)C2)nc(C2CC2)n1. The standard InChI is InChI=1S/C14H19N3O2/c1-2-11-7-12(16-13(15-11)9-3-4-9)17-6-5-10(8-17)14(18)19/h7,9-10H,2-6,8H2,1H3,(H,18,19)/t10-/m0/s1. The van der Waals surface area contributed by atoms with Crippen molar-refractivity contribution in [3.8, 4) is 0 Å². The molecule has 2 heterocycles. The highest BCUT2D eigenvalue weighted by Crippen LogP contribution is 2.39. The first-order valence-corrected chi connectivity index (χ1v) is 7.03. The van der Waals surface area contributed by atoms with E-state index >= 15 is 0 Å². The monoisotopic (exact) mass is 261 g/mol. The fourth-order valence-electron chi connectivity index (χ4n) is 2.54. The molecule has 0 bridgehead atoms. The van der Waals surface area contributed by atoms with E-state index in [-0.39, 0.29) is 5.92 Å².